The van der Waals surface area contributed by atoms with Crippen LogP contribution in [0.3, 0.4) is 0 Å². The molecule has 188 valence electrons. The Balaban J connectivity index is 1.79. The molecule has 0 saturated carbocycles. The molecule has 2 aromatic carbocycles. The number of aliphatic hydroxyl groups is 1. The van der Waals surface area contributed by atoms with E-state index in [0.29, 0.717) is 21.7 Å². The van der Waals surface area contributed by atoms with Crippen molar-refractivity contribution in [1.29, 1.82) is 0 Å². The highest BCUT2D eigenvalue weighted by Crippen LogP contribution is 2.38. The standard InChI is InChI=1S/C23H18ClF3N4O4S/c24-14-3-1-12(17(7-14)23(25,26)27)6-16(11-2-4-18-13(5-11)9-29-31-18)20-21(35)30-22(36-20)28-10-15(32)8-19(33)34/h1-5,7,9,15,32,35H,6,8,10H2,(H,28,30)(H,33,34). The molecule has 0 radical (unpaired) electrons. The van der Waals surface area contributed by atoms with E-state index in [-0.39, 0.29) is 33.6 Å². The molecule has 4 N–H and O–H groups in total. The highest BCUT2D eigenvalue weighted by atomic mass is 35.5. The van der Waals surface area contributed by atoms with Gasteiger partial charge in [0.25, 0.3) is 0 Å². The van der Waals surface area contributed by atoms with E-state index < -0.39 is 36.1 Å². The molecule has 1 aromatic heterocycles. The van der Waals surface area contributed by atoms with Gasteiger partial charge >= 0.3 is 12.1 Å². The summed E-state index contributed by atoms with van der Waals surface area (Å²) in [6, 6.07) is 8.54. The quantitative estimate of drug-likeness (QED) is 0.349. The predicted molar refractivity (Wildman–Crippen MR) is 128 cm³/mol. The first-order chi connectivity index (χ1) is 17.0. The molecule has 13 heteroatoms. The van der Waals surface area contributed by atoms with Gasteiger partial charge in [0.15, 0.2) is 5.13 Å². The number of carboxylic acid groups (broad SMARTS) is 1. The molecular weight excluding hydrogens is 521 g/mol. The van der Waals surface area contributed by atoms with Gasteiger partial charge < -0.3 is 20.6 Å². The zero-order valence-corrected chi connectivity index (χ0v) is 19.8. The van der Waals surface area contributed by atoms with E-state index in [1.165, 1.54) is 18.3 Å². The first-order valence-electron chi connectivity index (χ1n) is 10.4. The maximum absolute atomic E-state index is 13.8. The molecule has 2 heterocycles. The number of aromatic nitrogens is 1. The van der Waals surface area contributed by atoms with Crippen molar-refractivity contribution in [2.24, 2.45) is 10.2 Å². The first kappa shape index (κ1) is 25.6. The van der Waals surface area contributed by atoms with Crippen molar-refractivity contribution in [3.05, 3.63) is 73.6 Å². The Morgan fingerprint density at radius 3 is 2.69 bits per heavy atom. The van der Waals surface area contributed by atoms with Crippen LogP contribution in [0.2, 0.25) is 5.02 Å². The molecule has 3 aromatic rings. The van der Waals surface area contributed by atoms with Crippen molar-refractivity contribution < 1.29 is 33.3 Å². The minimum Gasteiger partial charge on any atom is -0.492 e. The van der Waals surface area contributed by atoms with Gasteiger partial charge in [-0.1, -0.05) is 35.1 Å². The third-order valence-electron chi connectivity index (χ3n) is 5.27. The Morgan fingerprint density at radius 1 is 1.19 bits per heavy atom. The number of aliphatic hydroxyl groups excluding tert-OH is 1. The number of aromatic hydroxyl groups is 1. The van der Waals surface area contributed by atoms with Crippen LogP contribution in [0.1, 0.15) is 28.0 Å². The van der Waals surface area contributed by atoms with Crippen molar-refractivity contribution in [3.8, 4) is 5.88 Å². The molecule has 36 heavy (non-hydrogen) atoms. The van der Waals surface area contributed by atoms with Gasteiger partial charge in [-0.3, -0.25) is 4.79 Å². The summed E-state index contributed by atoms with van der Waals surface area (Å²) in [7, 11) is 0. The molecule has 1 aliphatic rings. The van der Waals surface area contributed by atoms with Crippen LogP contribution in [-0.2, 0) is 17.4 Å². The number of aliphatic carboxylic acids is 1. The van der Waals surface area contributed by atoms with Gasteiger partial charge in [0.2, 0.25) is 5.88 Å². The number of thiazole rings is 1. The molecule has 4 rings (SSSR count). The molecule has 0 spiro atoms. The zero-order chi connectivity index (χ0) is 26.0. The summed E-state index contributed by atoms with van der Waals surface area (Å²) in [5.41, 5.74) is 0.0701. The predicted octanol–water partition coefficient (Wildman–Crippen LogP) is 3.18. The Morgan fingerprint density at radius 2 is 1.97 bits per heavy atom. The topological polar surface area (TPSA) is 127 Å². The van der Waals surface area contributed by atoms with Gasteiger partial charge in [-0.25, -0.2) is 0 Å². The summed E-state index contributed by atoms with van der Waals surface area (Å²) in [4.78, 5) is 15.0. The van der Waals surface area contributed by atoms with Crippen LogP contribution in [-0.4, -0.2) is 45.1 Å². The van der Waals surface area contributed by atoms with Crippen molar-refractivity contribution >= 4 is 45.8 Å². The summed E-state index contributed by atoms with van der Waals surface area (Å²) in [6.07, 6.45) is -5.05. The number of benzene rings is 2. The fourth-order valence-corrected chi connectivity index (χ4v) is 4.73. The second-order valence-corrected chi connectivity index (χ2v) is 9.31. The van der Waals surface area contributed by atoms with Crippen molar-refractivity contribution in [2.45, 2.75) is 25.1 Å². The number of alkyl halides is 3. The fraction of sp³-hybridized carbons (Fsp3) is 0.217. The van der Waals surface area contributed by atoms with E-state index in [1.807, 2.05) is 0 Å². The summed E-state index contributed by atoms with van der Waals surface area (Å²) in [5.74, 6) is -1.61. The van der Waals surface area contributed by atoms with E-state index in [9.17, 15) is 28.2 Å². The van der Waals surface area contributed by atoms with Crippen LogP contribution in [0.4, 0.5) is 18.3 Å². The van der Waals surface area contributed by atoms with E-state index in [0.717, 1.165) is 17.4 Å². The summed E-state index contributed by atoms with van der Waals surface area (Å²) in [5, 5.41) is 41.0. The monoisotopic (exact) mass is 538 g/mol. The Labute approximate surface area is 210 Å². The van der Waals surface area contributed by atoms with Crippen LogP contribution in [0.15, 0.2) is 46.6 Å². The highest BCUT2D eigenvalue weighted by Gasteiger charge is 2.34. The largest absolute Gasteiger partial charge is 0.492 e. The molecule has 0 amide bonds. The number of rotatable bonds is 8. The van der Waals surface area contributed by atoms with Crippen LogP contribution >= 0.6 is 22.9 Å². The third kappa shape index (κ3) is 5.83. The summed E-state index contributed by atoms with van der Waals surface area (Å²) < 4.78 is 41.3. The molecule has 0 aliphatic carbocycles. The van der Waals surface area contributed by atoms with Crippen LogP contribution in [0.25, 0.3) is 5.57 Å². The van der Waals surface area contributed by atoms with Crippen molar-refractivity contribution in [2.75, 3.05) is 11.9 Å². The number of fused-ring (bicyclic) bond motifs is 1. The average Bonchev–Trinajstić information content (AvgIpc) is 3.41. The van der Waals surface area contributed by atoms with E-state index in [4.69, 9.17) is 16.7 Å². The Bertz CT molecular complexity index is 1470. The summed E-state index contributed by atoms with van der Waals surface area (Å²) >= 11 is 6.79. The Kier molecular flexibility index (Phi) is 7.29. The maximum atomic E-state index is 13.8. The SMILES string of the molecule is O=C(O)CC(O)CNc1nc(O)c(C(Cc2ccc(Cl)cc2C(F)(F)F)=c2ccc3c(c2)C=NN=3)s1. The molecule has 1 atom stereocenters. The molecule has 0 saturated heterocycles. The van der Waals surface area contributed by atoms with Crippen molar-refractivity contribution in [1.82, 2.24) is 4.98 Å². The lowest BCUT2D eigenvalue weighted by atomic mass is 9.96. The summed E-state index contributed by atoms with van der Waals surface area (Å²) in [6.45, 7) is -0.153. The minimum absolute atomic E-state index is 0.0556. The zero-order valence-electron chi connectivity index (χ0n) is 18.3. The number of halogens is 4. The first-order valence-corrected chi connectivity index (χ1v) is 11.6. The maximum Gasteiger partial charge on any atom is 0.416 e. The van der Waals surface area contributed by atoms with Gasteiger partial charge in [-0.2, -0.15) is 28.4 Å². The van der Waals surface area contributed by atoms with E-state index >= 15 is 0 Å². The third-order valence-corrected chi connectivity index (χ3v) is 6.56. The lowest BCUT2D eigenvalue weighted by molar-refractivity contribution is -0.139. The molecule has 0 bridgehead atoms. The number of carbonyl (C=O) groups is 1. The molecule has 8 nitrogen and oxygen atoms in total. The van der Waals surface area contributed by atoms with Crippen LogP contribution in [0.5, 0.6) is 5.88 Å². The van der Waals surface area contributed by atoms with Crippen LogP contribution in [0, 0.1) is 0 Å². The lowest BCUT2D eigenvalue weighted by Crippen LogP contribution is -2.22. The lowest BCUT2D eigenvalue weighted by Gasteiger charge is -2.15. The van der Waals surface area contributed by atoms with Gasteiger partial charge in [0.1, 0.15) is 0 Å². The van der Waals surface area contributed by atoms with Gasteiger partial charge in [-0.15, -0.1) is 0 Å². The highest BCUT2D eigenvalue weighted by molar-refractivity contribution is 7.16. The van der Waals surface area contributed by atoms with Crippen molar-refractivity contribution in [3.63, 3.8) is 0 Å². The Hall–Kier alpha value is -3.48. The number of nitrogens with zero attached hydrogens (tertiary/aromatic N) is 3. The number of hydrogen-bond donors (Lipinski definition) is 4. The smallest absolute Gasteiger partial charge is 0.416 e. The van der Waals surface area contributed by atoms with E-state index in [2.05, 4.69) is 20.5 Å². The second kappa shape index (κ2) is 10.2. The molecular formula is C23H18ClF3N4O4S. The number of hydrogen-bond acceptors (Lipinski definition) is 8. The number of anilines is 1. The number of carboxylic acids is 1. The number of nitrogens with one attached hydrogen (secondary N) is 1. The van der Waals surface area contributed by atoms with Crippen LogP contribution < -0.4 is 15.9 Å². The molecule has 1 aliphatic heterocycles. The second-order valence-electron chi connectivity index (χ2n) is 7.88. The average molecular weight is 539 g/mol. The normalized spacial score (nSPS) is 14.2. The fourth-order valence-electron chi connectivity index (χ4n) is 3.62. The van der Waals surface area contributed by atoms with E-state index in [1.54, 1.807) is 18.2 Å². The molecule has 1 unspecified atom stereocenters. The van der Waals surface area contributed by atoms with Gasteiger partial charge in [-0.05, 0) is 40.6 Å². The van der Waals surface area contributed by atoms with Gasteiger partial charge in [0, 0.05) is 23.6 Å². The molecule has 0 fully saturated rings. The van der Waals surface area contributed by atoms with Gasteiger partial charge in [0.05, 0.1) is 34.5 Å². The minimum atomic E-state index is -4.66.